The minimum Gasteiger partial charge on any atom is -0.395 e. The molecule has 0 aromatic heterocycles. The molecule has 1 aromatic carbocycles. The van der Waals surface area contributed by atoms with Gasteiger partial charge >= 0.3 is 0 Å². The Morgan fingerprint density at radius 3 is 2.90 bits per heavy atom. The van der Waals surface area contributed by atoms with E-state index in [1.54, 1.807) is 16.7 Å². The van der Waals surface area contributed by atoms with Gasteiger partial charge in [0.1, 0.15) is 0 Å². The first-order valence-corrected chi connectivity index (χ1v) is 7.74. The van der Waals surface area contributed by atoms with Crippen LogP contribution in [0.2, 0.25) is 0 Å². The zero-order valence-electron chi connectivity index (χ0n) is 11.5. The molecule has 0 fully saturated rings. The van der Waals surface area contributed by atoms with Gasteiger partial charge in [0.05, 0.1) is 25.4 Å². The molecule has 116 valence electrons. The second-order valence-electron chi connectivity index (χ2n) is 4.71. The topological polar surface area (TPSA) is 43.8 Å². The largest absolute Gasteiger partial charge is 0.395 e. The number of nitrogens with zero attached hydrogens (tertiary/aromatic N) is 2. The summed E-state index contributed by atoms with van der Waals surface area (Å²) in [6, 6.07) is 7.58. The Labute approximate surface area is 126 Å². The van der Waals surface area contributed by atoms with Crippen molar-refractivity contribution in [3.63, 3.8) is 0 Å². The molecule has 4 nitrogen and oxygen atoms in total. The molecule has 0 saturated heterocycles. The molecule has 0 spiro atoms. The van der Waals surface area contributed by atoms with E-state index >= 15 is 0 Å². The lowest BCUT2D eigenvalue weighted by atomic mass is 10.2. The van der Waals surface area contributed by atoms with Crippen LogP contribution < -0.4 is 4.90 Å². The number of carbonyl (C=O) groups excluding carboxylic acids is 1. The van der Waals surface area contributed by atoms with Crippen LogP contribution in [0.15, 0.2) is 29.2 Å². The van der Waals surface area contributed by atoms with Crippen molar-refractivity contribution in [2.24, 2.45) is 0 Å². The lowest BCUT2D eigenvalue weighted by molar-refractivity contribution is -0.120. The molecule has 0 unspecified atom stereocenters. The summed E-state index contributed by atoms with van der Waals surface area (Å²) in [5.74, 6) is 0.578. The van der Waals surface area contributed by atoms with Crippen molar-refractivity contribution in [3.05, 3.63) is 24.3 Å². The highest BCUT2D eigenvalue weighted by molar-refractivity contribution is 7.99. The van der Waals surface area contributed by atoms with Crippen molar-refractivity contribution in [1.82, 2.24) is 4.90 Å². The van der Waals surface area contributed by atoms with E-state index in [1.807, 2.05) is 24.3 Å². The summed E-state index contributed by atoms with van der Waals surface area (Å²) in [5.41, 5.74) is 0.833. The molecule has 7 heteroatoms. The molecule has 0 radical (unpaired) electrons. The number of benzene rings is 1. The normalized spacial score (nSPS) is 14.6. The smallest absolute Gasteiger partial charge is 0.251 e. The molecule has 1 heterocycles. The lowest BCUT2D eigenvalue weighted by Crippen LogP contribution is -2.44. The highest BCUT2D eigenvalue weighted by Gasteiger charge is 2.24. The first kappa shape index (κ1) is 16.2. The first-order valence-electron chi connectivity index (χ1n) is 6.75. The second-order valence-corrected chi connectivity index (χ2v) is 5.85. The third kappa shape index (κ3) is 4.39. The fourth-order valence-corrected chi connectivity index (χ4v) is 3.27. The summed E-state index contributed by atoms with van der Waals surface area (Å²) in [7, 11) is 0. The molecule has 1 N–H and O–H groups in total. The zero-order chi connectivity index (χ0) is 15.2. The van der Waals surface area contributed by atoms with Gasteiger partial charge in [0.25, 0.3) is 6.43 Å². The van der Waals surface area contributed by atoms with Gasteiger partial charge in [0, 0.05) is 23.7 Å². The molecular weight excluding hydrogens is 298 g/mol. The fourth-order valence-electron chi connectivity index (χ4n) is 2.28. The molecule has 0 bridgehead atoms. The van der Waals surface area contributed by atoms with Gasteiger partial charge < -0.3 is 10.0 Å². The van der Waals surface area contributed by atoms with Gasteiger partial charge in [-0.1, -0.05) is 12.1 Å². The Bertz CT molecular complexity index is 488. The van der Waals surface area contributed by atoms with E-state index in [1.165, 1.54) is 4.90 Å². The van der Waals surface area contributed by atoms with Crippen LogP contribution >= 0.6 is 11.8 Å². The maximum atomic E-state index is 12.5. The molecule has 0 atom stereocenters. The van der Waals surface area contributed by atoms with Crippen molar-refractivity contribution < 1.29 is 18.7 Å². The summed E-state index contributed by atoms with van der Waals surface area (Å²) >= 11 is 1.68. The molecular formula is C14H18F2N2O2S. The molecule has 1 aliphatic rings. The highest BCUT2D eigenvalue weighted by Crippen LogP contribution is 2.34. The van der Waals surface area contributed by atoms with Gasteiger partial charge in [-0.2, -0.15) is 0 Å². The number of rotatable bonds is 6. The van der Waals surface area contributed by atoms with E-state index in [0.29, 0.717) is 6.54 Å². The lowest BCUT2D eigenvalue weighted by Gasteiger charge is -2.31. The van der Waals surface area contributed by atoms with Crippen molar-refractivity contribution in [2.75, 3.05) is 43.4 Å². The van der Waals surface area contributed by atoms with E-state index in [4.69, 9.17) is 5.11 Å². The number of carbonyl (C=O) groups is 1. The maximum absolute atomic E-state index is 12.5. The Balaban J connectivity index is 2.06. The Hall–Kier alpha value is -1.18. The molecule has 1 aliphatic heterocycles. The summed E-state index contributed by atoms with van der Waals surface area (Å²) < 4.78 is 25.0. The van der Waals surface area contributed by atoms with E-state index < -0.39 is 13.0 Å². The van der Waals surface area contributed by atoms with E-state index in [2.05, 4.69) is 0 Å². The molecule has 0 aliphatic carbocycles. The minimum atomic E-state index is -2.52. The molecule has 1 amide bonds. The summed E-state index contributed by atoms with van der Waals surface area (Å²) in [6.07, 6.45) is -2.52. The molecule has 2 rings (SSSR count). The quantitative estimate of drug-likeness (QED) is 0.867. The second kappa shape index (κ2) is 7.72. The number of para-hydroxylation sites is 1. The third-order valence-corrected chi connectivity index (χ3v) is 4.24. The van der Waals surface area contributed by atoms with Gasteiger partial charge in [-0.05, 0) is 12.1 Å². The van der Waals surface area contributed by atoms with Crippen molar-refractivity contribution in [3.8, 4) is 0 Å². The fraction of sp³-hybridized carbons (Fsp3) is 0.500. The maximum Gasteiger partial charge on any atom is 0.251 e. The zero-order valence-corrected chi connectivity index (χ0v) is 12.4. The van der Waals surface area contributed by atoms with Gasteiger partial charge in [0.2, 0.25) is 5.91 Å². The van der Waals surface area contributed by atoms with Crippen LogP contribution in [0, 0.1) is 0 Å². The van der Waals surface area contributed by atoms with Gasteiger partial charge in [-0.25, -0.2) is 8.78 Å². The summed E-state index contributed by atoms with van der Waals surface area (Å²) in [4.78, 5) is 16.3. The number of aliphatic hydroxyl groups excluding tert-OH is 1. The predicted molar refractivity (Wildman–Crippen MR) is 79.0 cm³/mol. The molecule has 0 saturated carbocycles. The van der Waals surface area contributed by atoms with Crippen LogP contribution in [0.1, 0.15) is 0 Å². The summed E-state index contributed by atoms with van der Waals surface area (Å²) in [5, 5.41) is 8.92. The SMILES string of the molecule is O=C(CN(CCO)CC(F)F)N1CCSc2ccccc21. The number of amides is 1. The number of halogens is 2. The van der Waals surface area contributed by atoms with Gasteiger partial charge in [-0.3, -0.25) is 9.69 Å². The van der Waals surface area contributed by atoms with E-state index in [9.17, 15) is 13.6 Å². The van der Waals surface area contributed by atoms with Crippen LogP contribution in [0.25, 0.3) is 0 Å². The number of fused-ring (bicyclic) bond motifs is 1. The number of hydrogen-bond acceptors (Lipinski definition) is 4. The number of alkyl halides is 2. The monoisotopic (exact) mass is 316 g/mol. The number of anilines is 1. The average molecular weight is 316 g/mol. The van der Waals surface area contributed by atoms with Crippen LogP contribution in [-0.4, -0.2) is 60.9 Å². The van der Waals surface area contributed by atoms with E-state index in [0.717, 1.165) is 16.3 Å². The molecule has 21 heavy (non-hydrogen) atoms. The Kier molecular flexibility index (Phi) is 5.96. The number of thioether (sulfide) groups is 1. The first-order chi connectivity index (χ1) is 10.1. The predicted octanol–water partition coefficient (Wildman–Crippen LogP) is 1.68. The highest BCUT2D eigenvalue weighted by atomic mass is 32.2. The number of aliphatic hydroxyl groups is 1. The number of hydrogen-bond donors (Lipinski definition) is 1. The van der Waals surface area contributed by atoms with Crippen molar-refractivity contribution in [1.29, 1.82) is 0 Å². The van der Waals surface area contributed by atoms with E-state index in [-0.39, 0.29) is 25.6 Å². The average Bonchev–Trinajstić information content (AvgIpc) is 2.46. The standard InChI is InChI=1S/C14H18F2N2O2S/c15-13(16)9-17(5-7-19)10-14(20)18-6-8-21-12-4-2-1-3-11(12)18/h1-4,13,19H,5-10H2. The molecule has 1 aromatic rings. The minimum absolute atomic E-state index is 0.0698. The Morgan fingerprint density at radius 2 is 2.19 bits per heavy atom. The van der Waals surface area contributed by atoms with Crippen molar-refractivity contribution >= 4 is 23.4 Å². The Morgan fingerprint density at radius 1 is 1.43 bits per heavy atom. The van der Waals surface area contributed by atoms with Crippen molar-refractivity contribution in [2.45, 2.75) is 11.3 Å². The van der Waals surface area contributed by atoms with Crippen LogP contribution in [0.3, 0.4) is 0 Å². The third-order valence-electron chi connectivity index (χ3n) is 3.20. The van der Waals surface area contributed by atoms with Crippen LogP contribution in [0.4, 0.5) is 14.5 Å². The van der Waals surface area contributed by atoms with Crippen LogP contribution in [0.5, 0.6) is 0 Å². The van der Waals surface area contributed by atoms with Crippen LogP contribution in [-0.2, 0) is 4.79 Å². The summed E-state index contributed by atoms with van der Waals surface area (Å²) in [6.45, 7) is -0.213. The van der Waals surface area contributed by atoms with Gasteiger partial charge in [-0.15, -0.1) is 11.8 Å². The van der Waals surface area contributed by atoms with Gasteiger partial charge in [0.15, 0.2) is 0 Å².